The van der Waals surface area contributed by atoms with E-state index in [9.17, 15) is 19.0 Å². The van der Waals surface area contributed by atoms with E-state index in [2.05, 4.69) is 86.8 Å². The minimum atomic E-state index is -4.64. The van der Waals surface area contributed by atoms with Crippen LogP contribution in [0.15, 0.2) is 72.9 Å². The first-order valence-corrected chi connectivity index (χ1v) is 34.1. The number of quaternary nitrogens is 1. The smallest absolute Gasteiger partial charge is 0.306 e. The highest BCUT2D eigenvalue weighted by molar-refractivity contribution is 7.45. The van der Waals surface area contributed by atoms with Crippen molar-refractivity contribution in [1.82, 2.24) is 0 Å². The molecule has 2 atom stereocenters. The molecule has 0 N–H and O–H groups in total. The first-order chi connectivity index (χ1) is 38.0. The summed E-state index contributed by atoms with van der Waals surface area (Å²) in [6, 6.07) is 0. The summed E-state index contributed by atoms with van der Waals surface area (Å²) in [4.78, 5) is 38.0. The van der Waals surface area contributed by atoms with Gasteiger partial charge >= 0.3 is 11.9 Å². The Morgan fingerprint density at radius 2 is 0.731 bits per heavy atom. The summed E-state index contributed by atoms with van der Waals surface area (Å²) in [7, 11) is 1.18. The third-order valence-corrected chi connectivity index (χ3v) is 15.2. The Morgan fingerprint density at radius 3 is 1.09 bits per heavy atom. The van der Waals surface area contributed by atoms with Crippen LogP contribution in [-0.4, -0.2) is 70.0 Å². The summed E-state index contributed by atoms with van der Waals surface area (Å²) in [6.07, 6.45) is 78.2. The monoisotopic (exact) mass is 1110 g/mol. The van der Waals surface area contributed by atoms with Crippen molar-refractivity contribution in [2.75, 3.05) is 47.5 Å². The van der Waals surface area contributed by atoms with Gasteiger partial charge in [-0.05, 0) is 64.2 Å². The zero-order chi connectivity index (χ0) is 57.0. The number of phosphoric acid groups is 1. The van der Waals surface area contributed by atoms with Gasteiger partial charge in [-0.3, -0.25) is 14.2 Å². The van der Waals surface area contributed by atoms with Crippen molar-refractivity contribution < 1.29 is 42.1 Å². The maximum Gasteiger partial charge on any atom is 0.306 e. The van der Waals surface area contributed by atoms with E-state index >= 15 is 0 Å². The third kappa shape index (κ3) is 62.6. The number of ether oxygens (including phenoxy) is 2. The number of carbonyl (C=O) groups is 2. The minimum Gasteiger partial charge on any atom is -0.756 e. The van der Waals surface area contributed by atoms with E-state index in [1.807, 2.05) is 21.1 Å². The molecule has 0 saturated heterocycles. The lowest BCUT2D eigenvalue weighted by atomic mass is 10.0. The van der Waals surface area contributed by atoms with Crippen LogP contribution in [0.2, 0.25) is 0 Å². The van der Waals surface area contributed by atoms with Crippen molar-refractivity contribution in [1.29, 1.82) is 0 Å². The highest BCUT2D eigenvalue weighted by atomic mass is 31.2. The van der Waals surface area contributed by atoms with Gasteiger partial charge in [0, 0.05) is 12.8 Å². The van der Waals surface area contributed by atoms with Crippen molar-refractivity contribution in [3.05, 3.63) is 72.9 Å². The molecule has 0 heterocycles. The molecule has 2 unspecified atom stereocenters. The molecule has 0 aromatic carbocycles. The van der Waals surface area contributed by atoms with Crippen LogP contribution < -0.4 is 4.89 Å². The van der Waals surface area contributed by atoms with E-state index in [-0.39, 0.29) is 32.0 Å². The van der Waals surface area contributed by atoms with Gasteiger partial charge in [0.25, 0.3) is 7.82 Å². The third-order valence-electron chi connectivity index (χ3n) is 14.2. The van der Waals surface area contributed by atoms with E-state index in [0.29, 0.717) is 17.4 Å². The van der Waals surface area contributed by atoms with E-state index in [0.717, 1.165) is 77.0 Å². The average molecular weight is 1110 g/mol. The largest absolute Gasteiger partial charge is 0.756 e. The molecule has 454 valence electrons. The topological polar surface area (TPSA) is 111 Å². The molecule has 0 aliphatic heterocycles. The zero-order valence-corrected chi connectivity index (χ0v) is 52.5. The maximum atomic E-state index is 12.8. The lowest BCUT2D eigenvalue weighted by Gasteiger charge is -2.28. The number of hydrogen-bond acceptors (Lipinski definition) is 8. The SMILES string of the molecule is CC/C=C\C/C=C\C/C=C\C/C=C\C/C=C\C/C=C\CCCCCCCCCCCCCCCCCCC(=O)OC(COC(=O)CCCCCCCCCCCCCCCCCCCCC)COP(=O)([O-])OCC[N+](C)(C)C. The van der Waals surface area contributed by atoms with Crippen LogP contribution in [0.3, 0.4) is 0 Å². The molecule has 0 aliphatic carbocycles. The fourth-order valence-electron chi connectivity index (χ4n) is 9.25. The molecule has 0 radical (unpaired) electrons. The normalized spacial score (nSPS) is 13.7. The lowest BCUT2D eigenvalue weighted by molar-refractivity contribution is -0.870. The van der Waals surface area contributed by atoms with Crippen LogP contribution in [0.25, 0.3) is 0 Å². The second kappa shape index (κ2) is 59.1. The predicted molar refractivity (Wildman–Crippen MR) is 333 cm³/mol. The number of unbranched alkanes of at least 4 members (excludes halogenated alkanes) is 34. The molecule has 0 rings (SSSR count). The van der Waals surface area contributed by atoms with Gasteiger partial charge in [0.2, 0.25) is 0 Å². The van der Waals surface area contributed by atoms with E-state index < -0.39 is 26.5 Å². The van der Waals surface area contributed by atoms with Crippen molar-refractivity contribution in [3.8, 4) is 0 Å². The first kappa shape index (κ1) is 75.5. The summed E-state index contributed by atoms with van der Waals surface area (Å²) in [5, 5.41) is 0. The molecule has 78 heavy (non-hydrogen) atoms. The van der Waals surface area contributed by atoms with Crippen LogP contribution in [0, 0.1) is 0 Å². The highest BCUT2D eigenvalue weighted by Gasteiger charge is 2.22. The molecule has 0 aliphatic rings. The van der Waals surface area contributed by atoms with Crippen molar-refractivity contribution >= 4 is 19.8 Å². The van der Waals surface area contributed by atoms with Crippen LogP contribution in [0.5, 0.6) is 0 Å². The minimum absolute atomic E-state index is 0.0301. The fourth-order valence-corrected chi connectivity index (χ4v) is 9.98. The Kier molecular flexibility index (Phi) is 57.2. The van der Waals surface area contributed by atoms with Crippen LogP contribution in [-0.2, 0) is 32.7 Å². The molecule has 0 aromatic rings. The van der Waals surface area contributed by atoms with Gasteiger partial charge in [-0.15, -0.1) is 0 Å². The predicted octanol–water partition coefficient (Wildman–Crippen LogP) is 20.2. The molecule has 0 saturated carbocycles. The number of nitrogens with zero attached hydrogens (tertiary/aromatic N) is 1. The van der Waals surface area contributed by atoms with E-state index in [4.69, 9.17) is 18.5 Å². The molecule has 0 bridgehead atoms. The number of esters is 2. The number of likely N-dealkylation sites (N-methyl/N-ethyl adjacent to an activating group) is 1. The lowest BCUT2D eigenvalue weighted by Crippen LogP contribution is -2.37. The van der Waals surface area contributed by atoms with Gasteiger partial charge in [0.05, 0.1) is 27.7 Å². The van der Waals surface area contributed by atoms with Crippen molar-refractivity contribution in [3.63, 3.8) is 0 Å². The summed E-state index contributed by atoms with van der Waals surface area (Å²) < 4.78 is 34.3. The van der Waals surface area contributed by atoms with E-state index in [1.54, 1.807) is 0 Å². The Hall–Kier alpha value is -2.55. The van der Waals surface area contributed by atoms with Gasteiger partial charge in [-0.2, -0.15) is 0 Å². The Labute approximate surface area is 482 Å². The Bertz CT molecular complexity index is 1550. The van der Waals surface area contributed by atoms with E-state index in [1.165, 1.54) is 186 Å². The molecule has 0 fully saturated rings. The van der Waals surface area contributed by atoms with Gasteiger partial charge in [-0.25, -0.2) is 0 Å². The molecule has 9 nitrogen and oxygen atoms in total. The fraction of sp³-hybridized carbons (Fsp3) is 0.794. The number of phosphoric ester groups is 1. The molecule has 0 spiro atoms. The number of hydrogen-bond donors (Lipinski definition) is 0. The average Bonchev–Trinajstić information content (AvgIpc) is 3.41. The summed E-state index contributed by atoms with van der Waals surface area (Å²) in [6.45, 7) is 4.17. The van der Waals surface area contributed by atoms with Crippen LogP contribution in [0.4, 0.5) is 0 Å². The molecular weight excluding hydrogens is 990 g/mol. The second-order valence-electron chi connectivity index (χ2n) is 23.1. The zero-order valence-electron chi connectivity index (χ0n) is 51.6. The number of rotatable bonds is 60. The molecule has 0 aromatic heterocycles. The second-order valence-corrected chi connectivity index (χ2v) is 24.5. The highest BCUT2D eigenvalue weighted by Crippen LogP contribution is 2.38. The Balaban J connectivity index is 4.03. The van der Waals surface area contributed by atoms with Crippen LogP contribution in [0.1, 0.15) is 296 Å². The van der Waals surface area contributed by atoms with Crippen molar-refractivity contribution in [2.45, 2.75) is 302 Å². The molecular formula is C68H124NO8P. The van der Waals surface area contributed by atoms with Crippen LogP contribution >= 0.6 is 7.82 Å². The first-order valence-electron chi connectivity index (χ1n) is 32.6. The number of carbonyl (C=O) groups excluding carboxylic acids is 2. The quantitative estimate of drug-likeness (QED) is 0.0195. The molecule has 0 amide bonds. The maximum absolute atomic E-state index is 12.8. The van der Waals surface area contributed by atoms with Gasteiger partial charge in [-0.1, -0.05) is 292 Å². The number of allylic oxidation sites excluding steroid dienone is 12. The standard InChI is InChI=1S/C68H124NO8P/c1-6-8-10-12-14-16-18-20-22-24-26-27-28-29-30-31-32-33-34-35-36-37-38-39-40-41-43-45-47-49-51-53-55-57-59-61-68(71)77-66(65-76-78(72,73)75-63-62-69(3,4)5)64-74-67(70)60-58-56-54-52-50-48-46-44-42-25-23-21-19-17-15-13-11-9-7-2/h8,10,14,16,20,22,26-27,29-30,32-33,66H,6-7,9,11-13,15,17-19,21,23-25,28,31,34-65H2,1-5H3/b10-8-,16-14-,22-20-,27-26-,30-29-,33-32-. The summed E-state index contributed by atoms with van der Waals surface area (Å²) >= 11 is 0. The van der Waals surface area contributed by atoms with Gasteiger partial charge < -0.3 is 27.9 Å². The summed E-state index contributed by atoms with van der Waals surface area (Å²) in [5.41, 5.74) is 0. The molecule has 10 heteroatoms. The summed E-state index contributed by atoms with van der Waals surface area (Å²) in [5.74, 6) is -0.820. The van der Waals surface area contributed by atoms with Crippen molar-refractivity contribution in [2.24, 2.45) is 0 Å². The Morgan fingerprint density at radius 1 is 0.410 bits per heavy atom. The van der Waals surface area contributed by atoms with Gasteiger partial charge in [0.15, 0.2) is 6.10 Å². The van der Waals surface area contributed by atoms with Gasteiger partial charge in [0.1, 0.15) is 19.8 Å².